The summed E-state index contributed by atoms with van der Waals surface area (Å²) in [5.74, 6) is -0.190. The summed E-state index contributed by atoms with van der Waals surface area (Å²) in [6, 6.07) is 0. The fourth-order valence-corrected chi connectivity index (χ4v) is 0.959. The third-order valence-electron chi connectivity index (χ3n) is 1.53. The Kier molecular flexibility index (Phi) is 2.24. The second-order valence-electron chi connectivity index (χ2n) is 2.44. The molecule has 1 rings (SSSR count). The van der Waals surface area contributed by atoms with Crippen LogP contribution in [0.2, 0.25) is 0 Å². The first kappa shape index (κ1) is 7.50. The van der Waals surface area contributed by atoms with Gasteiger partial charge in [-0.2, -0.15) is 0 Å². The number of amides is 1. The van der Waals surface area contributed by atoms with E-state index in [4.69, 9.17) is 5.11 Å². The lowest BCUT2D eigenvalue weighted by molar-refractivity contribution is -0.138. The second kappa shape index (κ2) is 2.98. The molecule has 1 aliphatic heterocycles. The molecule has 1 fully saturated rings. The number of aliphatic hydroxyl groups excluding tert-OH is 1. The molecule has 4 heteroatoms. The van der Waals surface area contributed by atoms with Crippen molar-refractivity contribution in [2.45, 2.75) is 13.0 Å². The Labute approximate surface area is 59.8 Å². The molecule has 0 bridgehead atoms. The van der Waals surface area contributed by atoms with Gasteiger partial charge in [0.1, 0.15) is 6.10 Å². The summed E-state index contributed by atoms with van der Waals surface area (Å²) in [7, 11) is 0. The summed E-state index contributed by atoms with van der Waals surface area (Å²) in [6.07, 6.45) is -0.861. The van der Waals surface area contributed by atoms with E-state index in [0.29, 0.717) is 13.2 Å². The SMILES string of the molecule is C[C@@H](O)C(=O)N1CCNC1. The number of nitrogens with zero attached hydrogens (tertiary/aromatic N) is 1. The van der Waals surface area contributed by atoms with E-state index in [0.717, 1.165) is 6.54 Å². The van der Waals surface area contributed by atoms with Gasteiger partial charge >= 0.3 is 0 Å². The molecule has 0 aromatic carbocycles. The van der Waals surface area contributed by atoms with Crippen molar-refractivity contribution in [3.63, 3.8) is 0 Å². The van der Waals surface area contributed by atoms with E-state index < -0.39 is 6.10 Å². The van der Waals surface area contributed by atoms with E-state index >= 15 is 0 Å². The molecule has 2 N–H and O–H groups in total. The Morgan fingerprint density at radius 3 is 2.90 bits per heavy atom. The Hall–Kier alpha value is -0.610. The lowest BCUT2D eigenvalue weighted by Crippen LogP contribution is -2.36. The van der Waals surface area contributed by atoms with Crippen molar-refractivity contribution in [3.05, 3.63) is 0 Å². The summed E-state index contributed by atoms with van der Waals surface area (Å²) >= 11 is 0. The maximum absolute atomic E-state index is 11.0. The van der Waals surface area contributed by atoms with Crippen LogP contribution in [0.3, 0.4) is 0 Å². The van der Waals surface area contributed by atoms with Crippen LogP contribution in [0.25, 0.3) is 0 Å². The van der Waals surface area contributed by atoms with Gasteiger partial charge in [-0.25, -0.2) is 0 Å². The maximum atomic E-state index is 11.0. The Balaban J connectivity index is 2.40. The summed E-state index contributed by atoms with van der Waals surface area (Å²) in [5.41, 5.74) is 0. The van der Waals surface area contributed by atoms with Crippen molar-refractivity contribution in [1.82, 2.24) is 10.2 Å². The van der Waals surface area contributed by atoms with Crippen molar-refractivity contribution < 1.29 is 9.90 Å². The minimum absolute atomic E-state index is 0.190. The number of rotatable bonds is 1. The average molecular weight is 144 g/mol. The van der Waals surface area contributed by atoms with Crippen LogP contribution in [0.5, 0.6) is 0 Å². The molecule has 1 atom stereocenters. The van der Waals surface area contributed by atoms with Crippen LogP contribution in [-0.2, 0) is 4.79 Å². The average Bonchev–Trinajstić information content (AvgIpc) is 2.36. The predicted molar refractivity (Wildman–Crippen MR) is 36.3 cm³/mol. The fourth-order valence-electron chi connectivity index (χ4n) is 0.959. The van der Waals surface area contributed by atoms with Gasteiger partial charge in [0.2, 0.25) is 0 Å². The normalized spacial score (nSPS) is 21.2. The topological polar surface area (TPSA) is 52.6 Å². The minimum atomic E-state index is -0.861. The van der Waals surface area contributed by atoms with Gasteiger partial charge in [0, 0.05) is 13.1 Å². The van der Waals surface area contributed by atoms with Gasteiger partial charge in [-0.15, -0.1) is 0 Å². The maximum Gasteiger partial charge on any atom is 0.252 e. The van der Waals surface area contributed by atoms with Crippen LogP contribution in [0.4, 0.5) is 0 Å². The number of hydrogen-bond donors (Lipinski definition) is 2. The molecule has 0 aromatic heterocycles. The van der Waals surface area contributed by atoms with E-state index in [-0.39, 0.29) is 5.91 Å². The highest BCUT2D eigenvalue weighted by molar-refractivity contribution is 5.80. The van der Waals surface area contributed by atoms with Crippen LogP contribution < -0.4 is 5.32 Å². The molecule has 0 aromatic rings. The molecule has 1 amide bonds. The third kappa shape index (κ3) is 1.46. The van der Waals surface area contributed by atoms with E-state index in [1.165, 1.54) is 6.92 Å². The first-order valence-electron chi connectivity index (χ1n) is 3.39. The Bertz CT molecular complexity index is 130. The van der Waals surface area contributed by atoms with Crippen LogP contribution in [0.15, 0.2) is 0 Å². The van der Waals surface area contributed by atoms with Gasteiger partial charge in [-0.3, -0.25) is 10.1 Å². The zero-order valence-corrected chi connectivity index (χ0v) is 6.00. The van der Waals surface area contributed by atoms with Crippen molar-refractivity contribution in [3.8, 4) is 0 Å². The molecule has 0 unspecified atom stereocenters. The molecule has 0 radical (unpaired) electrons. The lowest BCUT2D eigenvalue weighted by atomic mass is 10.3. The van der Waals surface area contributed by atoms with E-state index in [1.807, 2.05) is 0 Å². The number of nitrogens with one attached hydrogen (secondary N) is 1. The molecule has 1 heterocycles. The third-order valence-corrected chi connectivity index (χ3v) is 1.53. The van der Waals surface area contributed by atoms with Gasteiger partial charge < -0.3 is 10.0 Å². The van der Waals surface area contributed by atoms with E-state index in [9.17, 15) is 4.79 Å². The van der Waals surface area contributed by atoms with Gasteiger partial charge in [0.25, 0.3) is 5.91 Å². The summed E-state index contributed by atoms with van der Waals surface area (Å²) in [5, 5.41) is 11.9. The fraction of sp³-hybridized carbons (Fsp3) is 0.833. The van der Waals surface area contributed by atoms with E-state index in [1.54, 1.807) is 4.90 Å². The van der Waals surface area contributed by atoms with Crippen LogP contribution in [0, 0.1) is 0 Å². The molecular weight excluding hydrogens is 132 g/mol. The Morgan fingerprint density at radius 2 is 2.50 bits per heavy atom. The molecule has 1 saturated heterocycles. The number of carbonyl (C=O) groups is 1. The number of aliphatic hydroxyl groups is 1. The quantitative estimate of drug-likeness (QED) is 0.484. The van der Waals surface area contributed by atoms with Crippen LogP contribution in [-0.4, -0.2) is 41.8 Å². The van der Waals surface area contributed by atoms with Crippen molar-refractivity contribution in [2.24, 2.45) is 0 Å². The molecule has 58 valence electrons. The van der Waals surface area contributed by atoms with Gasteiger partial charge in [-0.1, -0.05) is 0 Å². The largest absolute Gasteiger partial charge is 0.384 e. The zero-order valence-electron chi connectivity index (χ0n) is 6.00. The van der Waals surface area contributed by atoms with Gasteiger partial charge in [-0.05, 0) is 6.92 Å². The lowest BCUT2D eigenvalue weighted by Gasteiger charge is -2.15. The van der Waals surface area contributed by atoms with Gasteiger partial charge in [0.15, 0.2) is 0 Å². The smallest absolute Gasteiger partial charge is 0.252 e. The highest BCUT2D eigenvalue weighted by Crippen LogP contribution is 1.96. The summed E-state index contributed by atoms with van der Waals surface area (Å²) in [4.78, 5) is 12.6. The second-order valence-corrected chi connectivity index (χ2v) is 2.44. The Morgan fingerprint density at radius 1 is 1.80 bits per heavy atom. The van der Waals surface area contributed by atoms with Crippen molar-refractivity contribution in [1.29, 1.82) is 0 Å². The molecule has 0 spiro atoms. The summed E-state index contributed by atoms with van der Waals surface area (Å²) in [6.45, 7) is 3.60. The predicted octanol–water partition coefficient (Wildman–Crippen LogP) is -1.24. The molecule has 4 nitrogen and oxygen atoms in total. The molecule has 10 heavy (non-hydrogen) atoms. The molecule has 0 saturated carbocycles. The number of carbonyl (C=O) groups excluding carboxylic acids is 1. The van der Waals surface area contributed by atoms with Crippen molar-refractivity contribution in [2.75, 3.05) is 19.8 Å². The molecule has 1 aliphatic rings. The minimum Gasteiger partial charge on any atom is -0.384 e. The monoisotopic (exact) mass is 144 g/mol. The highest BCUT2D eigenvalue weighted by atomic mass is 16.3. The first-order valence-corrected chi connectivity index (χ1v) is 3.39. The van der Waals surface area contributed by atoms with Crippen LogP contribution in [0.1, 0.15) is 6.92 Å². The first-order chi connectivity index (χ1) is 4.72. The highest BCUT2D eigenvalue weighted by Gasteiger charge is 2.20. The van der Waals surface area contributed by atoms with Crippen molar-refractivity contribution >= 4 is 5.91 Å². The van der Waals surface area contributed by atoms with Gasteiger partial charge in [0.05, 0.1) is 6.67 Å². The zero-order chi connectivity index (χ0) is 7.56. The standard InChI is InChI=1S/C6H12N2O2/c1-5(9)6(10)8-3-2-7-4-8/h5,7,9H,2-4H2,1H3/t5-/m1/s1. The number of hydrogen-bond acceptors (Lipinski definition) is 3. The molecular formula is C6H12N2O2. The van der Waals surface area contributed by atoms with Crippen LogP contribution >= 0.6 is 0 Å². The van der Waals surface area contributed by atoms with E-state index in [2.05, 4.69) is 5.32 Å². The summed E-state index contributed by atoms with van der Waals surface area (Å²) < 4.78 is 0. The molecule has 0 aliphatic carbocycles.